The molecule has 0 saturated carbocycles. The normalized spacial score (nSPS) is 7.57. The van der Waals surface area contributed by atoms with Crippen molar-refractivity contribution in [3.63, 3.8) is 0 Å². The van der Waals surface area contributed by atoms with Gasteiger partial charge in [-0.05, 0) is 19.1 Å². The predicted molar refractivity (Wildman–Crippen MR) is 35.5 cm³/mol. The van der Waals surface area contributed by atoms with Crippen LogP contribution in [0.4, 0.5) is 0 Å². The van der Waals surface area contributed by atoms with Gasteiger partial charge in [0.05, 0.1) is 0 Å². The summed E-state index contributed by atoms with van der Waals surface area (Å²) in [5.41, 5.74) is 1.22. The molecule has 7 heavy (non-hydrogen) atoms. The van der Waals surface area contributed by atoms with Crippen molar-refractivity contribution in [2.75, 3.05) is 0 Å². The van der Waals surface area contributed by atoms with Crippen molar-refractivity contribution in [2.24, 2.45) is 0 Å². The molecular weight excluding hydrogens is 101 g/mol. The van der Waals surface area contributed by atoms with Crippen LogP contribution in [-0.4, -0.2) is 22.3 Å². The quantitative estimate of drug-likeness (QED) is 0.458. The van der Waals surface area contributed by atoms with Gasteiger partial charge in [-0.3, -0.25) is 0 Å². The van der Waals surface area contributed by atoms with Crippen LogP contribution in [0.3, 0.4) is 0 Å². The fraction of sp³-hybridized carbons (Fsp3) is 0.200. The van der Waals surface area contributed by atoms with Crippen LogP contribution < -0.4 is 0 Å². The molecule has 0 radical (unpaired) electrons. The summed E-state index contributed by atoms with van der Waals surface area (Å²) in [5.74, 6) is 0. The lowest BCUT2D eigenvalue weighted by atomic mass is 10.5. The van der Waals surface area contributed by atoms with Gasteiger partial charge in [0.25, 0.3) is 0 Å². The van der Waals surface area contributed by atoms with Gasteiger partial charge in [-0.2, -0.15) is 0 Å². The zero-order chi connectivity index (χ0) is 4.41. The van der Waals surface area contributed by atoms with E-state index < -0.39 is 0 Å². The highest BCUT2D eigenvalue weighted by Crippen LogP contribution is 1.86. The Kier molecular flexibility index (Phi) is 2.82. The molecule has 2 heteroatoms. The van der Waals surface area contributed by atoms with Gasteiger partial charge in [0.1, 0.15) is 0 Å². The van der Waals surface area contributed by atoms with E-state index in [4.69, 9.17) is 0 Å². The molecule has 0 spiro atoms. The summed E-state index contributed by atoms with van der Waals surface area (Å²) in [6, 6.07) is 4.01. The zero-order valence-corrected chi connectivity index (χ0v) is 3.73. The van der Waals surface area contributed by atoms with Crippen LogP contribution in [0.15, 0.2) is 18.3 Å². The van der Waals surface area contributed by atoms with Crippen molar-refractivity contribution in [3.05, 3.63) is 24.0 Å². The van der Waals surface area contributed by atoms with E-state index >= 15 is 0 Å². The molecule has 0 unspecified atom stereocenters. The van der Waals surface area contributed by atoms with E-state index in [-0.39, 0.29) is 17.4 Å². The molecule has 0 amide bonds. The Morgan fingerprint density at radius 2 is 2.29 bits per heavy atom. The summed E-state index contributed by atoms with van der Waals surface area (Å²) in [6.45, 7) is 2.03. The average Bonchev–Trinajstić information content (AvgIpc) is 1.86. The molecule has 0 fully saturated rings. The van der Waals surface area contributed by atoms with E-state index in [1.165, 1.54) is 5.69 Å². The average molecular weight is 111 g/mol. The predicted octanol–water partition coefficient (Wildman–Crippen LogP) is 0.139. The largest absolute Gasteiger partial charge is 0.365 e. The van der Waals surface area contributed by atoms with Crippen molar-refractivity contribution in [2.45, 2.75) is 6.92 Å². The standard InChI is InChI=1S/C5H7N.Al.3H/c1-5-3-2-4-6-5;;;;/h2-4,6H,1H3;;;;. The van der Waals surface area contributed by atoms with Crippen LogP contribution in [0, 0.1) is 6.92 Å². The highest BCUT2D eigenvalue weighted by Gasteiger charge is 1.72. The number of H-pyrrole nitrogens is 1. The van der Waals surface area contributed by atoms with Gasteiger partial charge in [-0.25, -0.2) is 0 Å². The van der Waals surface area contributed by atoms with Crippen LogP contribution in [0.1, 0.15) is 5.69 Å². The third-order valence-electron chi connectivity index (χ3n) is 0.753. The molecule has 0 saturated heterocycles. The van der Waals surface area contributed by atoms with Gasteiger partial charge in [-0.1, -0.05) is 0 Å². The molecule has 0 aliphatic rings. The van der Waals surface area contributed by atoms with Crippen LogP contribution in [0.2, 0.25) is 0 Å². The van der Waals surface area contributed by atoms with E-state index in [2.05, 4.69) is 4.98 Å². The minimum Gasteiger partial charge on any atom is -0.365 e. The molecule has 38 valence electrons. The number of nitrogens with one attached hydrogen (secondary N) is 1. The first-order valence-electron chi connectivity index (χ1n) is 1.99. The molecular formula is C5H10AlN. The minimum absolute atomic E-state index is 0. The van der Waals surface area contributed by atoms with E-state index in [1.807, 2.05) is 25.3 Å². The van der Waals surface area contributed by atoms with Crippen LogP contribution >= 0.6 is 0 Å². The molecule has 1 N–H and O–H groups in total. The summed E-state index contributed by atoms with van der Waals surface area (Å²) < 4.78 is 0. The fourth-order valence-corrected chi connectivity index (χ4v) is 0.420. The van der Waals surface area contributed by atoms with E-state index in [1.54, 1.807) is 0 Å². The summed E-state index contributed by atoms with van der Waals surface area (Å²) in [7, 11) is 0. The first-order chi connectivity index (χ1) is 2.89. The molecule has 0 atom stereocenters. The Balaban J connectivity index is 0.000000360. The van der Waals surface area contributed by atoms with Crippen LogP contribution in [-0.2, 0) is 0 Å². The van der Waals surface area contributed by atoms with Gasteiger partial charge >= 0.3 is 0 Å². The monoisotopic (exact) mass is 111 g/mol. The molecule has 0 aliphatic heterocycles. The summed E-state index contributed by atoms with van der Waals surface area (Å²) in [5, 5.41) is 0. The van der Waals surface area contributed by atoms with Crippen molar-refractivity contribution < 1.29 is 0 Å². The van der Waals surface area contributed by atoms with Crippen LogP contribution in [0.25, 0.3) is 0 Å². The Morgan fingerprint density at radius 1 is 1.57 bits per heavy atom. The summed E-state index contributed by atoms with van der Waals surface area (Å²) in [4.78, 5) is 3.00. The van der Waals surface area contributed by atoms with Gasteiger partial charge in [0, 0.05) is 11.9 Å². The number of rotatable bonds is 0. The van der Waals surface area contributed by atoms with Crippen molar-refractivity contribution in [1.29, 1.82) is 0 Å². The molecule has 1 rings (SSSR count). The highest BCUT2D eigenvalue weighted by atomic mass is 27.0. The van der Waals surface area contributed by atoms with Crippen molar-refractivity contribution in [3.8, 4) is 0 Å². The topological polar surface area (TPSA) is 15.8 Å². The molecule has 1 aromatic heterocycles. The second-order valence-corrected chi connectivity index (χ2v) is 1.35. The van der Waals surface area contributed by atoms with Gasteiger partial charge in [0.15, 0.2) is 17.4 Å². The van der Waals surface area contributed by atoms with Gasteiger partial charge in [-0.15, -0.1) is 0 Å². The van der Waals surface area contributed by atoms with Gasteiger partial charge in [0.2, 0.25) is 0 Å². The SMILES string of the molecule is Cc1ccc[nH]1.[AlH3]. The Hall–Kier alpha value is -0.188. The number of aryl methyl sites for hydroxylation is 1. The maximum Gasteiger partial charge on any atom is 0.187 e. The number of hydrogen-bond donors (Lipinski definition) is 1. The maximum absolute atomic E-state index is 3.00. The Morgan fingerprint density at radius 3 is 2.43 bits per heavy atom. The number of aromatic nitrogens is 1. The summed E-state index contributed by atoms with van der Waals surface area (Å²) >= 11 is 0. The van der Waals surface area contributed by atoms with E-state index in [0.717, 1.165) is 0 Å². The minimum atomic E-state index is 0. The second kappa shape index (κ2) is 2.90. The Bertz CT molecular complexity index is 112. The number of aromatic amines is 1. The van der Waals surface area contributed by atoms with Gasteiger partial charge < -0.3 is 4.98 Å². The second-order valence-electron chi connectivity index (χ2n) is 1.35. The molecule has 0 bridgehead atoms. The highest BCUT2D eigenvalue weighted by molar-refractivity contribution is 5.75. The lowest BCUT2D eigenvalue weighted by Gasteiger charge is -1.70. The zero-order valence-electron chi connectivity index (χ0n) is 3.73. The molecule has 1 nitrogen and oxygen atoms in total. The number of hydrogen-bond acceptors (Lipinski definition) is 0. The molecule has 1 aromatic rings. The van der Waals surface area contributed by atoms with E-state index in [9.17, 15) is 0 Å². The lowest BCUT2D eigenvalue weighted by molar-refractivity contribution is 1.27. The van der Waals surface area contributed by atoms with E-state index in [0.29, 0.717) is 0 Å². The first-order valence-corrected chi connectivity index (χ1v) is 1.99. The lowest BCUT2D eigenvalue weighted by Crippen LogP contribution is -1.59. The molecule has 0 aromatic carbocycles. The van der Waals surface area contributed by atoms with Crippen LogP contribution in [0.5, 0.6) is 0 Å². The maximum atomic E-state index is 3.00. The van der Waals surface area contributed by atoms with Crippen molar-refractivity contribution >= 4 is 17.4 Å². The Labute approximate surface area is 53.9 Å². The fourth-order valence-electron chi connectivity index (χ4n) is 0.420. The third-order valence-corrected chi connectivity index (χ3v) is 0.753. The molecule has 1 heterocycles. The smallest absolute Gasteiger partial charge is 0.187 e. The van der Waals surface area contributed by atoms with Crippen molar-refractivity contribution in [1.82, 2.24) is 4.98 Å². The third kappa shape index (κ3) is 1.82. The summed E-state index contributed by atoms with van der Waals surface area (Å²) in [6.07, 6.45) is 1.91. The first kappa shape index (κ1) is 6.81. The molecule has 0 aliphatic carbocycles.